The molecule has 0 radical (unpaired) electrons. The van der Waals surface area contributed by atoms with Crippen LogP contribution in [0.25, 0.3) is 11.0 Å². The summed E-state index contributed by atoms with van der Waals surface area (Å²) in [5.41, 5.74) is 2.14. The van der Waals surface area contributed by atoms with E-state index in [0.717, 1.165) is 32.7 Å². The van der Waals surface area contributed by atoms with Crippen molar-refractivity contribution < 1.29 is 4.79 Å². The zero-order valence-corrected chi connectivity index (χ0v) is 13.7. The van der Waals surface area contributed by atoms with E-state index in [9.17, 15) is 4.79 Å². The fourth-order valence-electron chi connectivity index (χ4n) is 2.16. The third-order valence-electron chi connectivity index (χ3n) is 3.19. The highest BCUT2D eigenvalue weighted by molar-refractivity contribution is 9.11. The van der Waals surface area contributed by atoms with Gasteiger partial charge in [0.15, 0.2) is 0 Å². The van der Waals surface area contributed by atoms with E-state index in [1.165, 1.54) is 11.3 Å². The Balaban J connectivity index is 1.51. The summed E-state index contributed by atoms with van der Waals surface area (Å²) in [4.78, 5) is 17.0. The lowest BCUT2D eigenvalue weighted by Gasteiger charge is -2.05. The van der Waals surface area contributed by atoms with Gasteiger partial charge in [0.05, 0.1) is 26.0 Å². The summed E-state index contributed by atoms with van der Waals surface area (Å²) >= 11 is 4.80. The van der Waals surface area contributed by atoms with Gasteiger partial charge >= 0.3 is 0 Å². The highest BCUT2D eigenvalue weighted by Gasteiger charge is 2.07. The molecule has 0 atom stereocenters. The predicted molar refractivity (Wildman–Crippen MR) is 88.7 cm³/mol. The number of nitrogens with zero attached hydrogens (tertiary/aromatic N) is 2. The number of imidazole rings is 1. The summed E-state index contributed by atoms with van der Waals surface area (Å²) in [7, 11) is 0. The normalized spacial score (nSPS) is 10.9. The van der Waals surface area contributed by atoms with Crippen molar-refractivity contribution in [3.63, 3.8) is 0 Å². The Bertz CT molecular complexity index is 765. The smallest absolute Gasteiger partial charge is 0.261 e. The summed E-state index contributed by atoms with van der Waals surface area (Å²) in [6.07, 6.45) is 2.72. The molecule has 2 heterocycles. The van der Waals surface area contributed by atoms with E-state index >= 15 is 0 Å². The number of benzene rings is 1. The number of fused-ring (bicyclic) bond motifs is 1. The summed E-state index contributed by atoms with van der Waals surface area (Å²) in [5.74, 6) is -0.0128. The molecule has 3 rings (SSSR count). The van der Waals surface area contributed by atoms with Gasteiger partial charge in [-0.05, 0) is 46.6 Å². The van der Waals surface area contributed by atoms with Gasteiger partial charge in [0.25, 0.3) is 5.91 Å². The number of carbonyl (C=O) groups is 1. The monoisotopic (exact) mass is 363 g/mol. The topological polar surface area (TPSA) is 46.9 Å². The molecule has 0 fully saturated rings. The maximum absolute atomic E-state index is 11.9. The maximum Gasteiger partial charge on any atom is 0.261 e. The second kappa shape index (κ2) is 6.41. The summed E-state index contributed by atoms with van der Waals surface area (Å²) in [5, 5.41) is 2.94. The number of aromatic nitrogens is 2. The molecule has 2 aromatic heterocycles. The number of halogens is 1. The van der Waals surface area contributed by atoms with Gasteiger partial charge in [0, 0.05) is 13.1 Å². The molecule has 108 valence electrons. The van der Waals surface area contributed by atoms with Gasteiger partial charge in [-0.1, -0.05) is 12.1 Å². The molecule has 3 aromatic rings. The molecule has 0 bridgehead atoms. The van der Waals surface area contributed by atoms with E-state index in [-0.39, 0.29) is 5.91 Å². The Hall–Kier alpha value is -1.66. The van der Waals surface area contributed by atoms with Crippen molar-refractivity contribution in [1.29, 1.82) is 0 Å². The van der Waals surface area contributed by atoms with Crippen LogP contribution in [0.4, 0.5) is 0 Å². The molecule has 1 amide bonds. The van der Waals surface area contributed by atoms with Crippen molar-refractivity contribution in [3.8, 4) is 0 Å². The van der Waals surface area contributed by atoms with Crippen LogP contribution >= 0.6 is 27.3 Å². The van der Waals surface area contributed by atoms with Crippen molar-refractivity contribution in [3.05, 3.63) is 51.4 Å². The third-order valence-corrected chi connectivity index (χ3v) is 4.81. The molecule has 0 aliphatic rings. The van der Waals surface area contributed by atoms with Crippen LogP contribution in [0.15, 0.2) is 46.5 Å². The number of thiophene rings is 1. The Morgan fingerprint density at radius 1 is 1.29 bits per heavy atom. The van der Waals surface area contributed by atoms with E-state index in [1.54, 1.807) is 0 Å². The zero-order chi connectivity index (χ0) is 14.7. The van der Waals surface area contributed by atoms with Gasteiger partial charge in [-0.2, -0.15) is 0 Å². The third kappa shape index (κ3) is 3.33. The van der Waals surface area contributed by atoms with Crippen LogP contribution in [0.3, 0.4) is 0 Å². The van der Waals surface area contributed by atoms with Gasteiger partial charge in [-0.15, -0.1) is 11.3 Å². The lowest BCUT2D eigenvalue weighted by atomic mass is 10.3. The predicted octanol–water partition coefficient (Wildman–Crippen LogP) is 3.68. The van der Waals surface area contributed by atoms with Crippen molar-refractivity contribution in [2.75, 3.05) is 6.54 Å². The number of hydrogen-bond acceptors (Lipinski definition) is 3. The number of aryl methyl sites for hydroxylation is 1. The summed E-state index contributed by atoms with van der Waals surface area (Å²) in [6, 6.07) is 11.8. The van der Waals surface area contributed by atoms with Crippen LogP contribution < -0.4 is 5.32 Å². The molecule has 0 aliphatic heterocycles. The fourth-order valence-corrected chi connectivity index (χ4v) is 3.47. The van der Waals surface area contributed by atoms with E-state index in [2.05, 4.69) is 36.9 Å². The zero-order valence-electron chi connectivity index (χ0n) is 11.3. The molecular formula is C15H14BrN3OS. The Labute approximate surface area is 134 Å². The van der Waals surface area contributed by atoms with Crippen molar-refractivity contribution in [2.24, 2.45) is 0 Å². The fraction of sp³-hybridized carbons (Fsp3) is 0.200. The van der Waals surface area contributed by atoms with Crippen LogP contribution in [0.1, 0.15) is 16.1 Å². The molecule has 0 aliphatic carbocycles. The lowest BCUT2D eigenvalue weighted by molar-refractivity contribution is 0.0957. The van der Waals surface area contributed by atoms with E-state index in [0.29, 0.717) is 6.54 Å². The van der Waals surface area contributed by atoms with Crippen molar-refractivity contribution in [2.45, 2.75) is 13.0 Å². The molecule has 0 unspecified atom stereocenters. The SMILES string of the molecule is O=C(NCCCn1cnc2ccccc21)c1ccc(Br)s1. The molecule has 0 spiro atoms. The number of hydrogen-bond donors (Lipinski definition) is 1. The number of nitrogens with one attached hydrogen (secondary N) is 1. The summed E-state index contributed by atoms with van der Waals surface area (Å²) in [6.45, 7) is 1.50. The Morgan fingerprint density at radius 3 is 2.95 bits per heavy atom. The van der Waals surface area contributed by atoms with Gasteiger partial charge in [0.2, 0.25) is 0 Å². The first kappa shape index (κ1) is 14.3. The minimum Gasteiger partial charge on any atom is -0.351 e. The van der Waals surface area contributed by atoms with E-state index < -0.39 is 0 Å². The van der Waals surface area contributed by atoms with E-state index in [4.69, 9.17) is 0 Å². The minimum absolute atomic E-state index is 0.0128. The molecule has 0 saturated carbocycles. The van der Waals surface area contributed by atoms with Crippen molar-refractivity contribution >= 4 is 44.2 Å². The van der Waals surface area contributed by atoms with Crippen LogP contribution in [-0.4, -0.2) is 22.0 Å². The standard InChI is InChI=1S/C15H14BrN3OS/c16-14-7-6-13(21-14)15(20)17-8-3-9-19-10-18-11-4-1-2-5-12(11)19/h1-2,4-7,10H,3,8-9H2,(H,17,20). The van der Waals surface area contributed by atoms with Crippen LogP contribution in [0.5, 0.6) is 0 Å². The highest BCUT2D eigenvalue weighted by Crippen LogP contribution is 2.21. The van der Waals surface area contributed by atoms with Gasteiger partial charge in [-0.25, -0.2) is 4.98 Å². The lowest BCUT2D eigenvalue weighted by Crippen LogP contribution is -2.24. The maximum atomic E-state index is 11.9. The summed E-state index contributed by atoms with van der Waals surface area (Å²) < 4.78 is 3.08. The van der Waals surface area contributed by atoms with Crippen LogP contribution in [-0.2, 0) is 6.54 Å². The van der Waals surface area contributed by atoms with Crippen molar-refractivity contribution in [1.82, 2.24) is 14.9 Å². The second-order valence-electron chi connectivity index (χ2n) is 4.64. The Kier molecular flexibility index (Phi) is 4.36. The molecule has 1 N–H and O–H groups in total. The first-order chi connectivity index (χ1) is 10.2. The average molecular weight is 364 g/mol. The molecule has 0 saturated heterocycles. The molecule has 21 heavy (non-hydrogen) atoms. The largest absolute Gasteiger partial charge is 0.351 e. The Morgan fingerprint density at radius 2 is 2.14 bits per heavy atom. The number of amides is 1. The van der Waals surface area contributed by atoms with Gasteiger partial charge in [-0.3, -0.25) is 4.79 Å². The number of carbonyl (C=O) groups excluding carboxylic acids is 1. The molecule has 4 nitrogen and oxygen atoms in total. The molecule has 6 heteroatoms. The second-order valence-corrected chi connectivity index (χ2v) is 7.10. The number of rotatable bonds is 5. The van der Waals surface area contributed by atoms with Gasteiger partial charge in [0.1, 0.15) is 0 Å². The first-order valence-electron chi connectivity index (χ1n) is 6.67. The number of para-hydroxylation sites is 2. The first-order valence-corrected chi connectivity index (χ1v) is 8.28. The van der Waals surface area contributed by atoms with Crippen LogP contribution in [0, 0.1) is 0 Å². The van der Waals surface area contributed by atoms with Gasteiger partial charge < -0.3 is 9.88 Å². The molecular weight excluding hydrogens is 350 g/mol. The minimum atomic E-state index is -0.0128. The highest BCUT2D eigenvalue weighted by atomic mass is 79.9. The molecule has 1 aromatic carbocycles. The van der Waals surface area contributed by atoms with E-state index in [1.807, 2.05) is 36.7 Å². The quantitative estimate of drug-likeness (QED) is 0.702. The average Bonchev–Trinajstić information content (AvgIpc) is 3.10. The van der Waals surface area contributed by atoms with Crippen LogP contribution in [0.2, 0.25) is 0 Å².